The van der Waals surface area contributed by atoms with Gasteiger partial charge in [0.15, 0.2) is 10.8 Å². The quantitative estimate of drug-likeness (QED) is 0.176. The van der Waals surface area contributed by atoms with E-state index < -0.39 is 42.0 Å². The minimum Gasteiger partial charge on any atom is -0.491 e. The van der Waals surface area contributed by atoms with Crippen molar-refractivity contribution in [1.82, 2.24) is 15.2 Å². The molecule has 2 aromatic carbocycles. The topological polar surface area (TPSA) is 145 Å². The van der Waals surface area contributed by atoms with Gasteiger partial charge in [-0.3, -0.25) is 9.59 Å². The van der Waals surface area contributed by atoms with Crippen LogP contribution >= 0.6 is 11.3 Å². The van der Waals surface area contributed by atoms with Crippen molar-refractivity contribution in [3.8, 4) is 5.75 Å². The highest BCUT2D eigenvalue weighted by atomic mass is 32.1. The molecule has 12 nitrogen and oxygen atoms in total. The van der Waals surface area contributed by atoms with Crippen LogP contribution in [0.5, 0.6) is 5.75 Å². The predicted octanol–water partition coefficient (Wildman–Crippen LogP) is 3.16. The molecular weight excluding hydrogens is 552 g/mol. The van der Waals surface area contributed by atoms with Gasteiger partial charge in [-0.15, -0.1) is 11.3 Å². The molecule has 2 N–H and O–H groups in total. The highest BCUT2D eigenvalue weighted by Crippen LogP contribution is 2.28. The third-order valence-corrected chi connectivity index (χ3v) is 6.97. The largest absolute Gasteiger partial charge is 0.491 e. The van der Waals surface area contributed by atoms with Gasteiger partial charge in [0.1, 0.15) is 24.4 Å². The van der Waals surface area contributed by atoms with Crippen LogP contribution in [-0.2, 0) is 30.4 Å². The molecule has 0 aliphatic carbocycles. The molecule has 0 saturated carbocycles. The standard InChI is InChI=1S/C28H30N4O8S/c1-17(40-15-18-7-5-4-6-8-18)23(24(33)31-27-29-21(16-41-27)26(35)38-3)32-25(34)22(30-28(32)36)19-9-11-20(12-10-19)39-14-13-37-2/h4-12,16-17,22-23H,13-15H2,1-3H3,(H,30,36)(H,29,31,33)/t17-,22-,23+/m1/s1. The lowest BCUT2D eigenvalue weighted by molar-refractivity contribution is -0.139. The summed E-state index contributed by atoms with van der Waals surface area (Å²) < 4.78 is 21.2. The molecule has 3 atom stereocenters. The highest BCUT2D eigenvalue weighted by Gasteiger charge is 2.47. The molecule has 0 spiro atoms. The Hall–Kier alpha value is -4.33. The molecule has 3 aromatic rings. The Morgan fingerprint density at radius 3 is 2.49 bits per heavy atom. The number of imide groups is 1. The second-order valence-electron chi connectivity index (χ2n) is 8.97. The van der Waals surface area contributed by atoms with E-state index in [2.05, 4.69) is 20.4 Å². The Morgan fingerprint density at radius 1 is 1.07 bits per heavy atom. The third-order valence-electron chi connectivity index (χ3n) is 6.22. The average Bonchev–Trinajstić information content (AvgIpc) is 3.57. The second kappa shape index (κ2) is 13.8. The lowest BCUT2D eigenvalue weighted by Gasteiger charge is -2.29. The van der Waals surface area contributed by atoms with Crippen LogP contribution in [0.25, 0.3) is 0 Å². The van der Waals surface area contributed by atoms with Crippen LogP contribution in [0.2, 0.25) is 0 Å². The van der Waals surface area contributed by atoms with Crippen LogP contribution in [-0.4, -0.2) is 73.3 Å². The molecule has 0 radical (unpaired) electrons. The van der Waals surface area contributed by atoms with E-state index in [1.54, 1.807) is 38.3 Å². The zero-order valence-electron chi connectivity index (χ0n) is 22.7. The highest BCUT2D eigenvalue weighted by molar-refractivity contribution is 7.14. The average molecular weight is 583 g/mol. The molecule has 1 saturated heterocycles. The number of hydrogen-bond donors (Lipinski definition) is 2. The molecule has 1 aliphatic heterocycles. The molecule has 0 bridgehead atoms. The molecule has 1 aromatic heterocycles. The van der Waals surface area contributed by atoms with E-state index >= 15 is 0 Å². The number of carbonyl (C=O) groups is 4. The smallest absolute Gasteiger partial charge is 0.357 e. The zero-order valence-corrected chi connectivity index (χ0v) is 23.5. The maximum Gasteiger partial charge on any atom is 0.357 e. The first-order valence-corrected chi connectivity index (χ1v) is 13.6. The molecule has 13 heteroatoms. The van der Waals surface area contributed by atoms with Gasteiger partial charge >= 0.3 is 12.0 Å². The maximum atomic E-state index is 13.6. The SMILES string of the molecule is COCCOc1ccc([C@H]2NC(=O)N([C@H](C(=O)Nc3nc(C(=O)OC)cs3)[C@@H](C)OCc3ccccc3)C2=O)cc1. The summed E-state index contributed by atoms with van der Waals surface area (Å²) in [5.74, 6) is -1.41. The fourth-order valence-electron chi connectivity index (χ4n) is 4.12. The summed E-state index contributed by atoms with van der Waals surface area (Å²) >= 11 is 1.00. The summed E-state index contributed by atoms with van der Waals surface area (Å²) in [6.07, 6.45) is -0.903. The van der Waals surface area contributed by atoms with E-state index in [-0.39, 0.29) is 17.4 Å². The number of hydrogen-bond acceptors (Lipinski definition) is 10. The van der Waals surface area contributed by atoms with Gasteiger partial charge in [-0.2, -0.15) is 0 Å². The molecule has 4 amide bonds. The van der Waals surface area contributed by atoms with Gasteiger partial charge in [-0.1, -0.05) is 42.5 Å². The normalized spacial score (nSPS) is 16.2. The van der Waals surface area contributed by atoms with E-state index in [4.69, 9.17) is 14.2 Å². The first-order chi connectivity index (χ1) is 19.8. The van der Waals surface area contributed by atoms with E-state index in [0.29, 0.717) is 24.5 Å². The predicted molar refractivity (Wildman–Crippen MR) is 148 cm³/mol. The minimum absolute atomic E-state index is 0.0161. The number of benzene rings is 2. The fourth-order valence-corrected chi connectivity index (χ4v) is 4.81. The van der Waals surface area contributed by atoms with Gasteiger partial charge in [0.2, 0.25) is 0 Å². The number of carbonyl (C=O) groups excluding carboxylic acids is 4. The van der Waals surface area contributed by atoms with Gasteiger partial charge in [0.25, 0.3) is 11.8 Å². The summed E-state index contributed by atoms with van der Waals surface area (Å²) in [5, 5.41) is 6.80. The van der Waals surface area contributed by atoms with Gasteiger partial charge in [0.05, 0.1) is 26.4 Å². The van der Waals surface area contributed by atoms with Crippen LogP contribution in [0.4, 0.5) is 9.93 Å². The summed E-state index contributed by atoms with van der Waals surface area (Å²) in [7, 11) is 2.79. The van der Waals surface area contributed by atoms with Gasteiger partial charge < -0.3 is 29.6 Å². The summed E-state index contributed by atoms with van der Waals surface area (Å²) in [4.78, 5) is 57.1. The van der Waals surface area contributed by atoms with Crippen molar-refractivity contribution in [2.24, 2.45) is 0 Å². The van der Waals surface area contributed by atoms with Gasteiger partial charge in [0, 0.05) is 12.5 Å². The number of rotatable bonds is 13. The van der Waals surface area contributed by atoms with Crippen molar-refractivity contribution in [2.75, 3.05) is 32.8 Å². The van der Waals surface area contributed by atoms with Crippen LogP contribution in [0.15, 0.2) is 60.0 Å². The van der Waals surface area contributed by atoms with E-state index in [9.17, 15) is 19.2 Å². The summed E-state index contributed by atoms with van der Waals surface area (Å²) in [6.45, 7) is 2.54. The number of ether oxygens (including phenoxy) is 4. The van der Waals surface area contributed by atoms with Gasteiger partial charge in [-0.05, 0) is 30.2 Å². The molecule has 1 fully saturated rings. The number of nitrogens with zero attached hydrogens (tertiary/aromatic N) is 2. The lowest BCUT2D eigenvalue weighted by atomic mass is 10.1. The number of nitrogens with one attached hydrogen (secondary N) is 2. The monoisotopic (exact) mass is 582 g/mol. The number of esters is 1. The summed E-state index contributed by atoms with van der Waals surface area (Å²) in [5.41, 5.74) is 1.39. The number of methoxy groups -OCH3 is 2. The zero-order chi connectivity index (χ0) is 29.4. The molecule has 4 rings (SSSR count). The van der Waals surface area contributed by atoms with Crippen molar-refractivity contribution in [3.05, 3.63) is 76.8 Å². The number of urea groups is 1. The van der Waals surface area contributed by atoms with Crippen LogP contribution in [0, 0.1) is 0 Å². The van der Waals surface area contributed by atoms with E-state index in [1.165, 1.54) is 12.5 Å². The number of amides is 4. The van der Waals surface area contributed by atoms with Crippen LogP contribution < -0.4 is 15.4 Å². The first-order valence-electron chi connectivity index (χ1n) is 12.7. The Bertz CT molecular complexity index is 1360. The van der Waals surface area contributed by atoms with Crippen molar-refractivity contribution < 1.29 is 38.1 Å². The van der Waals surface area contributed by atoms with E-state index in [0.717, 1.165) is 21.8 Å². The molecule has 0 unspecified atom stereocenters. The molecule has 1 aliphatic rings. The molecule has 41 heavy (non-hydrogen) atoms. The number of anilines is 1. The number of aromatic nitrogens is 1. The van der Waals surface area contributed by atoms with Crippen molar-refractivity contribution in [1.29, 1.82) is 0 Å². The lowest BCUT2D eigenvalue weighted by Crippen LogP contribution is -2.53. The van der Waals surface area contributed by atoms with Gasteiger partial charge in [-0.25, -0.2) is 19.5 Å². The fraction of sp³-hybridized carbons (Fsp3) is 0.321. The molecule has 2 heterocycles. The Labute approximate surface area is 240 Å². The Balaban J connectivity index is 1.55. The second-order valence-corrected chi connectivity index (χ2v) is 9.82. The molecular formula is C28H30N4O8S. The number of thiazole rings is 1. The first kappa shape index (κ1) is 29.6. The van der Waals surface area contributed by atoms with Crippen molar-refractivity contribution in [2.45, 2.75) is 31.7 Å². The third kappa shape index (κ3) is 7.25. The Kier molecular flexibility index (Phi) is 10.0. The Morgan fingerprint density at radius 2 is 1.80 bits per heavy atom. The van der Waals surface area contributed by atoms with Crippen molar-refractivity contribution >= 4 is 40.3 Å². The van der Waals surface area contributed by atoms with Crippen molar-refractivity contribution in [3.63, 3.8) is 0 Å². The minimum atomic E-state index is -1.35. The molecule has 216 valence electrons. The van der Waals surface area contributed by atoms with Crippen LogP contribution in [0.1, 0.15) is 34.6 Å². The maximum absolute atomic E-state index is 13.6. The van der Waals surface area contributed by atoms with E-state index in [1.807, 2.05) is 30.3 Å². The summed E-state index contributed by atoms with van der Waals surface area (Å²) in [6, 6.07) is 12.9. The van der Waals surface area contributed by atoms with Crippen LogP contribution in [0.3, 0.4) is 0 Å².